The van der Waals surface area contributed by atoms with Crippen LogP contribution in [0.5, 0.6) is 0 Å². The first-order valence-corrected chi connectivity index (χ1v) is 3.38. The van der Waals surface area contributed by atoms with Gasteiger partial charge in [-0.05, 0) is 24.1 Å². The maximum absolute atomic E-state index is 4.56. The van der Waals surface area contributed by atoms with E-state index in [1.807, 2.05) is 25.1 Å². The molecule has 1 rings (SSSR count). The Labute approximate surface area is 66.5 Å². The van der Waals surface area contributed by atoms with Crippen LogP contribution in [0.3, 0.4) is 0 Å². The molecule has 0 unspecified atom stereocenters. The summed E-state index contributed by atoms with van der Waals surface area (Å²) in [4.78, 5) is 4.56. The molecule has 0 aromatic heterocycles. The minimum Gasteiger partial charge on any atom is -0.399 e. The van der Waals surface area contributed by atoms with Crippen molar-refractivity contribution in [2.75, 3.05) is 7.11 Å². The summed E-state index contributed by atoms with van der Waals surface area (Å²) < 4.78 is 0. The van der Waals surface area contributed by atoms with Crippen molar-refractivity contribution in [3.63, 3.8) is 0 Å². The molecule has 0 amide bonds. The maximum Gasteiger partial charge on any atom is 0.106 e. The van der Waals surface area contributed by atoms with E-state index in [0.717, 1.165) is 11.1 Å². The van der Waals surface area contributed by atoms with Gasteiger partial charge in [0.25, 0.3) is 0 Å². The monoisotopic (exact) mass is 148 g/mol. The number of oxime groups is 1. The maximum atomic E-state index is 4.56. The molecule has 1 aromatic carbocycles. The lowest BCUT2D eigenvalue weighted by Crippen LogP contribution is -1.85. The molecule has 0 aliphatic rings. The van der Waals surface area contributed by atoms with E-state index >= 15 is 0 Å². The van der Waals surface area contributed by atoms with Crippen molar-refractivity contribution in [1.29, 1.82) is 0 Å². The topological polar surface area (TPSA) is 21.6 Å². The van der Waals surface area contributed by atoms with Gasteiger partial charge in [-0.3, -0.25) is 0 Å². The molecule has 2 heteroatoms. The van der Waals surface area contributed by atoms with Gasteiger partial charge in [0, 0.05) is 0 Å². The summed E-state index contributed by atoms with van der Waals surface area (Å²) in [5, 5.41) is 3.66. The van der Waals surface area contributed by atoms with Gasteiger partial charge in [-0.25, -0.2) is 0 Å². The third-order valence-electron chi connectivity index (χ3n) is 1.40. The van der Waals surface area contributed by atoms with Crippen LogP contribution in [0.25, 0.3) is 0 Å². The van der Waals surface area contributed by atoms with Crippen molar-refractivity contribution >= 4 is 6.21 Å². The minimum absolute atomic E-state index is 1.04. The van der Waals surface area contributed by atoms with Crippen LogP contribution in [0.1, 0.15) is 11.1 Å². The van der Waals surface area contributed by atoms with E-state index in [1.165, 1.54) is 7.11 Å². The van der Waals surface area contributed by atoms with E-state index in [1.54, 1.807) is 6.21 Å². The molecule has 0 saturated heterocycles. The number of hydrogen-bond donors (Lipinski definition) is 0. The molecule has 0 aliphatic heterocycles. The highest BCUT2D eigenvalue weighted by Gasteiger charge is 1.90. The Morgan fingerprint density at radius 1 is 1.64 bits per heavy atom. The second-order valence-electron chi connectivity index (χ2n) is 2.17. The van der Waals surface area contributed by atoms with E-state index in [0.29, 0.717) is 0 Å². The average molecular weight is 148 g/mol. The zero-order chi connectivity index (χ0) is 8.10. The van der Waals surface area contributed by atoms with Gasteiger partial charge in [0.15, 0.2) is 0 Å². The van der Waals surface area contributed by atoms with Gasteiger partial charge in [-0.2, -0.15) is 0 Å². The van der Waals surface area contributed by atoms with Crippen molar-refractivity contribution in [2.45, 2.75) is 6.92 Å². The smallest absolute Gasteiger partial charge is 0.106 e. The summed E-state index contributed by atoms with van der Waals surface area (Å²) in [6.07, 6.45) is 1.67. The Morgan fingerprint density at radius 3 is 3.09 bits per heavy atom. The molecule has 11 heavy (non-hydrogen) atoms. The molecule has 0 spiro atoms. The number of hydrogen-bond acceptors (Lipinski definition) is 2. The van der Waals surface area contributed by atoms with Crippen LogP contribution in [0, 0.1) is 13.0 Å². The Kier molecular flexibility index (Phi) is 2.66. The Morgan fingerprint density at radius 2 is 2.45 bits per heavy atom. The van der Waals surface area contributed by atoms with Gasteiger partial charge < -0.3 is 4.84 Å². The Hall–Kier alpha value is -1.31. The SMILES string of the molecule is CON=Cc1ccc[c]c1C. The largest absolute Gasteiger partial charge is 0.399 e. The zero-order valence-electron chi connectivity index (χ0n) is 6.66. The first-order valence-electron chi connectivity index (χ1n) is 3.38. The van der Waals surface area contributed by atoms with Gasteiger partial charge >= 0.3 is 0 Å². The molecule has 0 atom stereocenters. The second kappa shape index (κ2) is 3.76. The summed E-state index contributed by atoms with van der Waals surface area (Å²) in [6.45, 7) is 1.98. The highest BCUT2D eigenvalue weighted by molar-refractivity contribution is 5.80. The molecule has 0 fully saturated rings. The van der Waals surface area contributed by atoms with E-state index in [2.05, 4.69) is 16.1 Å². The van der Waals surface area contributed by atoms with Crippen LogP contribution in [-0.2, 0) is 4.84 Å². The van der Waals surface area contributed by atoms with Crippen LogP contribution >= 0.6 is 0 Å². The van der Waals surface area contributed by atoms with Crippen LogP contribution in [0.15, 0.2) is 23.4 Å². The Balaban J connectivity index is 2.86. The van der Waals surface area contributed by atoms with Crippen LogP contribution in [-0.4, -0.2) is 13.3 Å². The van der Waals surface area contributed by atoms with Gasteiger partial charge in [0.05, 0.1) is 6.21 Å². The van der Waals surface area contributed by atoms with Crippen molar-refractivity contribution in [3.8, 4) is 0 Å². The average Bonchev–Trinajstić information content (AvgIpc) is 2.03. The van der Waals surface area contributed by atoms with Gasteiger partial charge in [0.2, 0.25) is 0 Å². The number of nitrogens with zero attached hydrogens (tertiary/aromatic N) is 1. The molecule has 0 bridgehead atoms. The van der Waals surface area contributed by atoms with Crippen molar-refractivity contribution in [3.05, 3.63) is 35.4 Å². The van der Waals surface area contributed by atoms with Crippen molar-refractivity contribution in [1.82, 2.24) is 0 Å². The van der Waals surface area contributed by atoms with E-state index in [4.69, 9.17) is 0 Å². The van der Waals surface area contributed by atoms with Crippen molar-refractivity contribution < 1.29 is 4.84 Å². The Bertz CT molecular complexity index is 255. The van der Waals surface area contributed by atoms with Crippen LogP contribution < -0.4 is 0 Å². The van der Waals surface area contributed by atoms with E-state index in [9.17, 15) is 0 Å². The fourth-order valence-corrected chi connectivity index (χ4v) is 0.783. The second-order valence-corrected chi connectivity index (χ2v) is 2.17. The normalized spacial score (nSPS) is 10.4. The predicted molar refractivity (Wildman–Crippen MR) is 44.6 cm³/mol. The first kappa shape index (κ1) is 7.79. The van der Waals surface area contributed by atoms with Crippen LogP contribution in [0.2, 0.25) is 0 Å². The quantitative estimate of drug-likeness (QED) is 0.462. The van der Waals surface area contributed by atoms with Crippen molar-refractivity contribution in [2.24, 2.45) is 5.16 Å². The molecule has 0 N–H and O–H groups in total. The third kappa shape index (κ3) is 2.08. The minimum atomic E-state index is 1.04. The molecule has 57 valence electrons. The molecule has 2 nitrogen and oxygen atoms in total. The molecule has 1 aromatic rings. The zero-order valence-corrected chi connectivity index (χ0v) is 6.66. The summed E-state index contributed by atoms with van der Waals surface area (Å²) in [6, 6.07) is 8.82. The molecular formula is C9H10NO. The van der Waals surface area contributed by atoms with Crippen LogP contribution in [0.4, 0.5) is 0 Å². The fourth-order valence-electron chi connectivity index (χ4n) is 0.783. The molecule has 0 heterocycles. The number of aryl methyl sites for hydroxylation is 1. The highest BCUT2D eigenvalue weighted by Crippen LogP contribution is 2.02. The first-order chi connectivity index (χ1) is 5.34. The predicted octanol–water partition coefficient (Wildman–Crippen LogP) is 1.78. The molecule has 0 saturated carbocycles. The summed E-state index contributed by atoms with van der Waals surface area (Å²) >= 11 is 0. The fraction of sp³-hybridized carbons (Fsp3) is 0.222. The summed E-state index contributed by atoms with van der Waals surface area (Å²) in [5.74, 6) is 0. The lowest BCUT2D eigenvalue weighted by atomic mass is 10.1. The lowest BCUT2D eigenvalue weighted by molar-refractivity contribution is 0.215. The molecule has 0 aliphatic carbocycles. The lowest BCUT2D eigenvalue weighted by Gasteiger charge is -1.95. The summed E-state index contributed by atoms with van der Waals surface area (Å²) in [7, 11) is 1.53. The number of benzene rings is 1. The highest BCUT2D eigenvalue weighted by atomic mass is 16.6. The van der Waals surface area contributed by atoms with E-state index in [-0.39, 0.29) is 0 Å². The third-order valence-corrected chi connectivity index (χ3v) is 1.40. The number of rotatable bonds is 2. The standard InChI is InChI=1S/C9H10NO/c1-8-5-3-4-6-9(8)7-10-11-2/h3-4,6-7H,1-2H3. The molecular weight excluding hydrogens is 138 g/mol. The van der Waals surface area contributed by atoms with Gasteiger partial charge in [-0.1, -0.05) is 23.4 Å². The van der Waals surface area contributed by atoms with Gasteiger partial charge in [-0.15, -0.1) is 0 Å². The summed E-state index contributed by atoms with van der Waals surface area (Å²) in [5.41, 5.74) is 2.11. The van der Waals surface area contributed by atoms with Gasteiger partial charge in [0.1, 0.15) is 7.11 Å². The van der Waals surface area contributed by atoms with E-state index < -0.39 is 0 Å². The molecule has 1 radical (unpaired) electrons.